The molecule has 0 amide bonds. The van der Waals surface area contributed by atoms with E-state index in [4.69, 9.17) is 5.11 Å². The van der Waals surface area contributed by atoms with Crippen LogP contribution in [-0.2, 0) is 6.61 Å². The van der Waals surface area contributed by atoms with Gasteiger partial charge in [-0.15, -0.1) is 0 Å². The summed E-state index contributed by atoms with van der Waals surface area (Å²) in [7, 11) is 0. The van der Waals surface area contributed by atoms with Gasteiger partial charge >= 0.3 is 0 Å². The number of aliphatic hydroxyl groups is 1. The molecule has 0 atom stereocenters. The van der Waals surface area contributed by atoms with Gasteiger partial charge in [-0.2, -0.15) is 5.10 Å². The molecule has 72 valence electrons. The van der Waals surface area contributed by atoms with Crippen LogP contribution in [0.4, 0.5) is 0 Å². The molecule has 0 aliphatic carbocycles. The van der Waals surface area contributed by atoms with Crippen molar-refractivity contribution in [2.75, 3.05) is 0 Å². The first-order valence-corrected chi connectivity index (χ1v) is 4.86. The highest BCUT2D eigenvalue weighted by atomic mass is 79.9. The molecule has 2 heterocycles. The van der Waals surface area contributed by atoms with Crippen LogP contribution in [0.25, 0.3) is 5.82 Å². The molecule has 5 heteroatoms. The van der Waals surface area contributed by atoms with Crippen molar-refractivity contribution in [3.05, 3.63) is 40.8 Å². The Labute approximate surface area is 89.3 Å². The summed E-state index contributed by atoms with van der Waals surface area (Å²) in [6.45, 7) is -0.0592. The summed E-state index contributed by atoms with van der Waals surface area (Å²) in [4.78, 5) is 4.20. The van der Waals surface area contributed by atoms with Gasteiger partial charge in [-0.1, -0.05) is 6.07 Å². The van der Waals surface area contributed by atoms with E-state index in [2.05, 4.69) is 26.0 Å². The lowest BCUT2D eigenvalue weighted by atomic mass is 10.3. The van der Waals surface area contributed by atoms with Gasteiger partial charge in [-0.3, -0.25) is 0 Å². The van der Waals surface area contributed by atoms with Gasteiger partial charge < -0.3 is 5.11 Å². The first-order valence-electron chi connectivity index (χ1n) is 4.07. The average Bonchev–Trinajstić information content (AvgIpc) is 2.65. The van der Waals surface area contributed by atoms with Gasteiger partial charge in [-0.05, 0) is 28.1 Å². The standard InChI is InChI=1S/C9H8BrN3O/c10-7-4-11-13(5-7)9-3-1-2-8(6-14)12-9/h1-5,14H,6H2. The van der Waals surface area contributed by atoms with Gasteiger partial charge in [-0.25, -0.2) is 9.67 Å². The van der Waals surface area contributed by atoms with Crippen LogP contribution in [-0.4, -0.2) is 19.9 Å². The van der Waals surface area contributed by atoms with Crippen LogP contribution in [0, 0.1) is 0 Å². The lowest BCUT2D eigenvalue weighted by molar-refractivity contribution is 0.276. The maximum absolute atomic E-state index is 8.91. The Morgan fingerprint density at radius 1 is 1.43 bits per heavy atom. The number of rotatable bonds is 2. The minimum absolute atomic E-state index is 0.0592. The van der Waals surface area contributed by atoms with E-state index in [0.717, 1.165) is 4.47 Å². The molecular formula is C9H8BrN3O. The van der Waals surface area contributed by atoms with E-state index >= 15 is 0 Å². The van der Waals surface area contributed by atoms with Crippen molar-refractivity contribution in [1.82, 2.24) is 14.8 Å². The predicted molar refractivity (Wildman–Crippen MR) is 55.0 cm³/mol. The quantitative estimate of drug-likeness (QED) is 0.883. The number of aliphatic hydroxyl groups excluding tert-OH is 1. The van der Waals surface area contributed by atoms with Crippen molar-refractivity contribution in [3.8, 4) is 5.82 Å². The van der Waals surface area contributed by atoms with Crippen LogP contribution in [0.2, 0.25) is 0 Å². The number of nitrogens with zero attached hydrogens (tertiary/aromatic N) is 3. The molecular weight excluding hydrogens is 246 g/mol. The van der Waals surface area contributed by atoms with Gasteiger partial charge in [0.05, 0.1) is 23.0 Å². The van der Waals surface area contributed by atoms with Crippen LogP contribution < -0.4 is 0 Å². The molecule has 0 unspecified atom stereocenters. The number of hydrogen-bond donors (Lipinski definition) is 1. The lowest BCUT2D eigenvalue weighted by Crippen LogP contribution is -2.00. The molecule has 0 fully saturated rings. The Bertz CT molecular complexity index is 441. The van der Waals surface area contributed by atoms with Crippen LogP contribution in [0.15, 0.2) is 35.1 Å². The molecule has 1 N–H and O–H groups in total. The van der Waals surface area contributed by atoms with E-state index in [1.807, 2.05) is 18.3 Å². The minimum Gasteiger partial charge on any atom is -0.390 e. The summed E-state index contributed by atoms with van der Waals surface area (Å²) in [6.07, 6.45) is 3.50. The van der Waals surface area contributed by atoms with E-state index in [1.165, 1.54) is 0 Å². The molecule has 0 spiro atoms. The normalized spacial score (nSPS) is 10.4. The zero-order chi connectivity index (χ0) is 9.97. The topological polar surface area (TPSA) is 50.9 Å². The van der Waals surface area contributed by atoms with Crippen molar-refractivity contribution >= 4 is 15.9 Å². The second-order valence-electron chi connectivity index (χ2n) is 2.75. The van der Waals surface area contributed by atoms with E-state index in [9.17, 15) is 0 Å². The van der Waals surface area contributed by atoms with Gasteiger partial charge in [0.25, 0.3) is 0 Å². The second kappa shape index (κ2) is 3.89. The highest BCUT2D eigenvalue weighted by Gasteiger charge is 2.00. The highest BCUT2D eigenvalue weighted by Crippen LogP contribution is 2.10. The molecule has 2 rings (SSSR count). The fraction of sp³-hybridized carbons (Fsp3) is 0.111. The molecule has 0 aromatic carbocycles. The van der Waals surface area contributed by atoms with Crippen molar-refractivity contribution in [1.29, 1.82) is 0 Å². The van der Waals surface area contributed by atoms with Crippen LogP contribution in [0.3, 0.4) is 0 Å². The zero-order valence-electron chi connectivity index (χ0n) is 7.26. The third kappa shape index (κ3) is 1.83. The molecule has 4 nitrogen and oxygen atoms in total. The van der Waals surface area contributed by atoms with Crippen molar-refractivity contribution < 1.29 is 5.11 Å². The molecule has 2 aromatic heterocycles. The summed E-state index contributed by atoms with van der Waals surface area (Å²) in [5, 5.41) is 13.0. The Balaban J connectivity index is 2.41. The Hall–Kier alpha value is -1.20. The van der Waals surface area contributed by atoms with Gasteiger partial charge in [0, 0.05) is 6.20 Å². The molecule has 0 bridgehead atoms. The molecule has 14 heavy (non-hydrogen) atoms. The van der Waals surface area contributed by atoms with Crippen LogP contribution in [0.1, 0.15) is 5.69 Å². The van der Waals surface area contributed by atoms with Gasteiger partial charge in [0.1, 0.15) is 0 Å². The Kier molecular flexibility index (Phi) is 2.60. The van der Waals surface area contributed by atoms with E-state index in [-0.39, 0.29) is 6.61 Å². The fourth-order valence-corrected chi connectivity index (χ4v) is 1.39. The van der Waals surface area contributed by atoms with Crippen molar-refractivity contribution in [2.45, 2.75) is 6.61 Å². The first-order chi connectivity index (χ1) is 6.79. The van der Waals surface area contributed by atoms with Gasteiger partial charge in [0.2, 0.25) is 0 Å². The summed E-state index contributed by atoms with van der Waals surface area (Å²) in [5.74, 6) is 0.697. The first kappa shape index (κ1) is 9.36. The zero-order valence-corrected chi connectivity index (χ0v) is 8.85. The highest BCUT2D eigenvalue weighted by molar-refractivity contribution is 9.10. The monoisotopic (exact) mass is 253 g/mol. The second-order valence-corrected chi connectivity index (χ2v) is 3.66. The van der Waals surface area contributed by atoms with Crippen LogP contribution in [0.5, 0.6) is 0 Å². The number of aromatic nitrogens is 3. The lowest BCUT2D eigenvalue weighted by Gasteiger charge is -2.01. The number of pyridine rings is 1. The Morgan fingerprint density at radius 2 is 2.29 bits per heavy atom. The average molecular weight is 254 g/mol. The van der Waals surface area contributed by atoms with E-state index in [1.54, 1.807) is 16.9 Å². The molecule has 0 radical (unpaired) electrons. The minimum atomic E-state index is -0.0592. The molecule has 2 aromatic rings. The number of hydrogen-bond acceptors (Lipinski definition) is 3. The van der Waals surface area contributed by atoms with E-state index in [0.29, 0.717) is 11.5 Å². The summed E-state index contributed by atoms with van der Waals surface area (Å²) >= 11 is 3.30. The fourth-order valence-electron chi connectivity index (χ4n) is 1.11. The third-order valence-corrected chi connectivity index (χ3v) is 2.15. The van der Waals surface area contributed by atoms with Crippen molar-refractivity contribution in [3.63, 3.8) is 0 Å². The summed E-state index contributed by atoms with van der Waals surface area (Å²) < 4.78 is 2.54. The smallest absolute Gasteiger partial charge is 0.153 e. The molecule has 0 aliphatic rings. The SMILES string of the molecule is OCc1cccc(-n2cc(Br)cn2)n1. The molecule has 0 saturated heterocycles. The largest absolute Gasteiger partial charge is 0.390 e. The maximum atomic E-state index is 8.91. The third-order valence-electron chi connectivity index (χ3n) is 1.74. The van der Waals surface area contributed by atoms with E-state index < -0.39 is 0 Å². The summed E-state index contributed by atoms with van der Waals surface area (Å²) in [6, 6.07) is 5.43. The number of halogens is 1. The Morgan fingerprint density at radius 3 is 2.93 bits per heavy atom. The van der Waals surface area contributed by atoms with Crippen LogP contribution >= 0.6 is 15.9 Å². The molecule has 0 aliphatic heterocycles. The van der Waals surface area contributed by atoms with Gasteiger partial charge in [0.15, 0.2) is 5.82 Å². The van der Waals surface area contributed by atoms with Crippen molar-refractivity contribution in [2.24, 2.45) is 0 Å². The molecule has 0 saturated carbocycles. The maximum Gasteiger partial charge on any atom is 0.153 e. The predicted octanol–water partition coefficient (Wildman–Crippen LogP) is 1.52. The summed E-state index contributed by atoms with van der Waals surface area (Å²) in [5.41, 5.74) is 0.633.